The van der Waals surface area contributed by atoms with Gasteiger partial charge in [0.15, 0.2) is 0 Å². The molecular formula is C9H11FO5. The van der Waals surface area contributed by atoms with Crippen LogP contribution in [0.5, 0.6) is 0 Å². The van der Waals surface area contributed by atoms with Crippen LogP contribution in [-0.2, 0) is 14.3 Å². The summed E-state index contributed by atoms with van der Waals surface area (Å²) in [5.41, 5.74) is -2.42. The van der Waals surface area contributed by atoms with Crippen LogP contribution in [0.1, 0.15) is 13.3 Å². The lowest BCUT2D eigenvalue weighted by molar-refractivity contribution is -0.154. The first-order valence-electron chi connectivity index (χ1n) is 4.66. The molecule has 2 saturated carbocycles. The first-order valence-corrected chi connectivity index (χ1v) is 4.66. The van der Waals surface area contributed by atoms with Crippen molar-refractivity contribution in [1.29, 1.82) is 0 Å². The summed E-state index contributed by atoms with van der Waals surface area (Å²) in [5.74, 6) is -4.01. The second-order valence-electron chi connectivity index (χ2n) is 4.08. The van der Waals surface area contributed by atoms with E-state index < -0.39 is 41.7 Å². The van der Waals surface area contributed by atoms with Gasteiger partial charge in [-0.1, -0.05) is 0 Å². The number of carbonyl (C=O) groups excluding carboxylic acids is 1. The van der Waals surface area contributed by atoms with Gasteiger partial charge in [0.1, 0.15) is 6.10 Å². The van der Waals surface area contributed by atoms with Crippen LogP contribution in [0, 0.1) is 11.8 Å². The number of aliphatic carboxylic acids is 1. The summed E-state index contributed by atoms with van der Waals surface area (Å²) in [6, 6.07) is 0. The van der Waals surface area contributed by atoms with Crippen LogP contribution in [-0.4, -0.2) is 40.0 Å². The first kappa shape index (κ1) is 10.4. The third-order valence-electron chi connectivity index (χ3n) is 3.18. The number of hydrogen-bond acceptors (Lipinski definition) is 4. The lowest BCUT2D eigenvalue weighted by atomic mass is 10.1. The van der Waals surface area contributed by atoms with Crippen LogP contribution in [0.4, 0.5) is 4.39 Å². The van der Waals surface area contributed by atoms with Crippen LogP contribution in [0.25, 0.3) is 0 Å². The van der Waals surface area contributed by atoms with Crippen molar-refractivity contribution < 1.29 is 28.9 Å². The molecule has 5 nitrogen and oxygen atoms in total. The molecule has 0 saturated heterocycles. The summed E-state index contributed by atoms with van der Waals surface area (Å²) in [5, 5.41) is 18.1. The van der Waals surface area contributed by atoms with E-state index in [0.717, 1.165) is 0 Å². The van der Waals surface area contributed by atoms with Crippen molar-refractivity contribution >= 4 is 11.9 Å². The van der Waals surface area contributed by atoms with Gasteiger partial charge in [0.25, 0.3) is 0 Å². The molecule has 0 bridgehead atoms. The molecule has 2 fully saturated rings. The Balaban J connectivity index is 2.14. The lowest BCUT2D eigenvalue weighted by Crippen LogP contribution is -2.33. The van der Waals surface area contributed by atoms with Gasteiger partial charge in [-0.25, -0.2) is 9.18 Å². The fourth-order valence-corrected chi connectivity index (χ4v) is 2.58. The maximum absolute atomic E-state index is 13.7. The summed E-state index contributed by atoms with van der Waals surface area (Å²) in [4.78, 5) is 21.3. The Morgan fingerprint density at radius 3 is 2.47 bits per heavy atom. The van der Waals surface area contributed by atoms with Gasteiger partial charge in [0.05, 0.1) is 12.0 Å². The lowest BCUT2D eigenvalue weighted by Gasteiger charge is -2.17. The Hall–Kier alpha value is -1.17. The summed E-state index contributed by atoms with van der Waals surface area (Å²) in [6.07, 6.45) is -1.74. The summed E-state index contributed by atoms with van der Waals surface area (Å²) >= 11 is 0. The average molecular weight is 218 g/mol. The fourth-order valence-electron chi connectivity index (χ4n) is 2.58. The van der Waals surface area contributed by atoms with E-state index in [-0.39, 0.29) is 6.42 Å². The number of carbonyl (C=O) groups is 2. The summed E-state index contributed by atoms with van der Waals surface area (Å²) < 4.78 is 18.5. The quantitative estimate of drug-likeness (QED) is 0.623. The molecule has 0 amide bonds. The molecule has 0 aromatic heterocycles. The van der Waals surface area contributed by atoms with Gasteiger partial charge in [-0.15, -0.1) is 0 Å². The monoisotopic (exact) mass is 218 g/mol. The SMILES string of the molecule is CC(=O)O[C@@H]1C[C@H](O)[C@@H]2[C@H]1[C@@]2(F)C(=O)O. The van der Waals surface area contributed by atoms with Crippen LogP contribution in [0.3, 0.4) is 0 Å². The third kappa shape index (κ3) is 1.24. The molecule has 0 spiro atoms. The Bertz CT molecular complexity index is 330. The van der Waals surface area contributed by atoms with E-state index in [2.05, 4.69) is 0 Å². The van der Waals surface area contributed by atoms with E-state index in [1.54, 1.807) is 0 Å². The molecule has 84 valence electrons. The van der Waals surface area contributed by atoms with Gasteiger partial charge < -0.3 is 14.9 Å². The third-order valence-corrected chi connectivity index (χ3v) is 3.18. The minimum atomic E-state index is -2.42. The number of halogens is 1. The number of aliphatic hydroxyl groups excluding tert-OH is 1. The van der Waals surface area contributed by atoms with E-state index in [4.69, 9.17) is 9.84 Å². The molecule has 0 aromatic rings. The second-order valence-corrected chi connectivity index (χ2v) is 4.08. The highest BCUT2D eigenvalue weighted by Gasteiger charge is 2.80. The van der Waals surface area contributed by atoms with Gasteiger partial charge >= 0.3 is 11.9 Å². The Morgan fingerprint density at radius 1 is 1.47 bits per heavy atom. The van der Waals surface area contributed by atoms with Crippen LogP contribution < -0.4 is 0 Å². The van der Waals surface area contributed by atoms with Crippen molar-refractivity contribution in [3.8, 4) is 0 Å². The van der Waals surface area contributed by atoms with Crippen LogP contribution in [0.2, 0.25) is 0 Å². The van der Waals surface area contributed by atoms with Crippen molar-refractivity contribution in [3.63, 3.8) is 0 Å². The molecule has 15 heavy (non-hydrogen) atoms. The Labute approximate surface area is 84.8 Å². The predicted octanol–water partition coefficient (Wildman–Crippen LogP) is -0.278. The minimum Gasteiger partial charge on any atom is -0.479 e. The van der Waals surface area contributed by atoms with Gasteiger partial charge in [0.2, 0.25) is 5.67 Å². The van der Waals surface area contributed by atoms with Crippen LogP contribution >= 0.6 is 0 Å². The highest BCUT2D eigenvalue weighted by atomic mass is 19.1. The standard InChI is InChI=1S/C9H11FO5/c1-3(11)15-5-2-4(12)6-7(5)9(6,10)8(13)14/h4-7,12H,2H2,1H3,(H,13,14)/t4-,5+,6+,7-,9+/m0/s1. The maximum atomic E-state index is 13.7. The van der Waals surface area contributed by atoms with Crippen LogP contribution in [0.15, 0.2) is 0 Å². The number of carboxylic acids is 1. The number of esters is 1. The number of alkyl halides is 1. The van der Waals surface area contributed by atoms with Crippen molar-refractivity contribution in [2.45, 2.75) is 31.2 Å². The minimum absolute atomic E-state index is 0.119. The smallest absolute Gasteiger partial charge is 0.342 e. The van der Waals surface area contributed by atoms with E-state index in [1.165, 1.54) is 6.92 Å². The topological polar surface area (TPSA) is 83.8 Å². The van der Waals surface area contributed by atoms with E-state index in [1.807, 2.05) is 0 Å². The molecule has 0 aromatic carbocycles. The van der Waals surface area contributed by atoms with Gasteiger partial charge in [-0.3, -0.25) is 4.79 Å². The summed E-state index contributed by atoms with van der Waals surface area (Å²) in [6.45, 7) is 1.17. The number of carboxylic acid groups (broad SMARTS) is 1. The van der Waals surface area contributed by atoms with Gasteiger partial charge in [-0.2, -0.15) is 0 Å². The zero-order valence-corrected chi connectivity index (χ0v) is 8.01. The molecule has 0 aliphatic heterocycles. The molecule has 0 radical (unpaired) electrons. The molecule has 2 rings (SSSR count). The number of fused-ring (bicyclic) bond motifs is 1. The average Bonchev–Trinajstić information content (AvgIpc) is 2.58. The van der Waals surface area contributed by atoms with Gasteiger partial charge in [0, 0.05) is 19.3 Å². The zero-order chi connectivity index (χ0) is 11.4. The molecular weight excluding hydrogens is 207 g/mol. The maximum Gasteiger partial charge on any atom is 0.342 e. The van der Waals surface area contributed by atoms with E-state index in [0.29, 0.717) is 0 Å². The molecule has 0 heterocycles. The Kier molecular flexibility index (Phi) is 2.01. The zero-order valence-electron chi connectivity index (χ0n) is 8.01. The molecule has 6 heteroatoms. The highest BCUT2D eigenvalue weighted by Crippen LogP contribution is 2.64. The normalized spacial score (nSPS) is 47.1. The second kappa shape index (κ2) is 2.91. The van der Waals surface area contributed by atoms with Crippen molar-refractivity contribution in [3.05, 3.63) is 0 Å². The molecule has 2 N–H and O–H groups in total. The number of hydrogen-bond donors (Lipinski definition) is 2. The number of rotatable bonds is 2. The Morgan fingerprint density at radius 2 is 2.07 bits per heavy atom. The number of aliphatic hydroxyl groups is 1. The predicted molar refractivity (Wildman–Crippen MR) is 44.6 cm³/mol. The molecule has 2 aliphatic rings. The van der Waals surface area contributed by atoms with Crippen molar-refractivity contribution in [1.82, 2.24) is 0 Å². The first-order chi connectivity index (χ1) is 6.89. The summed E-state index contributed by atoms with van der Waals surface area (Å²) in [7, 11) is 0. The van der Waals surface area contributed by atoms with E-state index in [9.17, 15) is 19.1 Å². The molecule has 2 aliphatic carbocycles. The largest absolute Gasteiger partial charge is 0.479 e. The fraction of sp³-hybridized carbons (Fsp3) is 0.778. The van der Waals surface area contributed by atoms with Crippen molar-refractivity contribution in [2.24, 2.45) is 11.8 Å². The van der Waals surface area contributed by atoms with E-state index >= 15 is 0 Å². The molecule has 5 atom stereocenters. The van der Waals surface area contributed by atoms with Crippen molar-refractivity contribution in [2.75, 3.05) is 0 Å². The highest BCUT2D eigenvalue weighted by molar-refractivity contribution is 5.83. The number of ether oxygens (including phenoxy) is 1. The molecule has 0 unspecified atom stereocenters. The van der Waals surface area contributed by atoms with Gasteiger partial charge in [-0.05, 0) is 0 Å².